The van der Waals surface area contributed by atoms with Gasteiger partial charge in [0.1, 0.15) is 0 Å². The summed E-state index contributed by atoms with van der Waals surface area (Å²) in [6.45, 7) is 3.87. The SMILES string of the molecule is CCC(C)N1C(=O)CC(NC2CCCCC2O)C1=O. The zero-order valence-electron chi connectivity index (χ0n) is 11.8. The summed E-state index contributed by atoms with van der Waals surface area (Å²) in [6, 6.07) is -0.533. The number of carbonyl (C=O) groups is 2. The molecule has 2 N–H and O–H groups in total. The van der Waals surface area contributed by atoms with Crippen molar-refractivity contribution in [2.75, 3.05) is 0 Å². The van der Waals surface area contributed by atoms with Crippen LogP contribution in [0.5, 0.6) is 0 Å². The highest BCUT2D eigenvalue weighted by molar-refractivity contribution is 6.05. The first-order chi connectivity index (χ1) is 9.04. The van der Waals surface area contributed by atoms with Gasteiger partial charge in [-0.15, -0.1) is 0 Å². The fraction of sp³-hybridized carbons (Fsp3) is 0.857. The van der Waals surface area contributed by atoms with Gasteiger partial charge in [0.25, 0.3) is 0 Å². The van der Waals surface area contributed by atoms with Crippen LogP contribution in [-0.2, 0) is 9.59 Å². The van der Waals surface area contributed by atoms with E-state index in [4.69, 9.17) is 0 Å². The summed E-state index contributed by atoms with van der Waals surface area (Å²) in [6.07, 6.45) is 4.37. The molecular formula is C14H24N2O3. The highest BCUT2D eigenvalue weighted by Crippen LogP contribution is 2.23. The minimum Gasteiger partial charge on any atom is -0.392 e. The minimum absolute atomic E-state index is 0.0388. The molecule has 5 nitrogen and oxygen atoms in total. The lowest BCUT2D eigenvalue weighted by atomic mass is 9.92. The molecule has 1 saturated heterocycles. The predicted molar refractivity (Wildman–Crippen MR) is 71.4 cm³/mol. The number of hydrogen-bond acceptors (Lipinski definition) is 4. The molecule has 0 spiro atoms. The molecule has 4 atom stereocenters. The van der Waals surface area contributed by atoms with E-state index in [0.717, 1.165) is 32.1 Å². The van der Waals surface area contributed by atoms with Crippen molar-refractivity contribution in [3.63, 3.8) is 0 Å². The minimum atomic E-state index is -0.445. The van der Waals surface area contributed by atoms with Gasteiger partial charge in [0.15, 0.2) is 0 Å². The van der Waals surface area contributed by atoms with E-state index in [1.807, 2.05) is 13.8 Å². The van der Waals surface area contributed by atoms with Crippen LogP contribution in [0.2, 0.25) is 0 Å². The monoisotopic (exact) mass is 268 g/mol. The highest BCUT2D eigenvalue weighted by atomic mass is 16.3. The van der Waals surface area contributed by atoms with Crippen LogP contribution in [0, 0.1) is 0 Å². The van der Waals surface area contributed by atoms with Gasteiger partial charge in [-0.3, -0.25) is 14.5 Å². The molecule has 2 fully saturated rings. The molecule has 1 heterocycles. The fourth-order valence-electron chi connectivity index (χ4n) is 2.99. The summed E-state index contributed by atoms with van der Waals surface area (Å²) < 4.78 is 0. The largest absolute Gasteiger partial charge is 0.392 e. The van der Waals surface area contributed by atoms with Crippen LogP contribution in [0.15, 0.2) is 0 Å². The molecule has 0 aromatic heterocycles. The summed E-state index contributed by atoms with van der Waals surface area (Å²) in [5.41, 5.74) is 0. The van der Waals surface area contributed by atoms with Gasteiger partial charge in [-0.2, -0.15) is 0 Å². The second kappa shape index (κ2) is 6.01. The van der Waals surface area contributed by atoms with Gasteiger partial charge in [0, 0.05) is 12.1 Å². The molecule has 2 aliphatic rings. The van der Waals surface area contributed by atoms with Crippen LogP contribution in [0.4, 0.5) is 0 Å². The van der Waals surface area contributed by atoms with Gasteiger partial charge in [0.05, 0.1) is 18.6 Å². The first kappa shape index (κ1) is 14.5. The molecule has 5 heteroatoms. The Balaban J connectivity index is 1.98. The van der Waals surface area contributed by atoms with E-state index < -0.39 is 12.1 Å². The Kier molecular flexibility index (Phi) is 4.58. The van der Waals surface area contributed by atoms with E-state index in [1.165, 1.54) is 4.90 Å². The maximum absolute atomic E-state index is 12.3. The van der Waals surface area contributed by atoms with Crippen molar-refractivity contribution in [2.45, 2.75) is 76.6 Å². The lowest BCUT2D eigenvalue weighted by molar-refractivity contribution is -0.141. The lowest BCUT2D eigenvalue weighted by Crippen LogP contribution is -2.50. The predicted octanol–water partition coefficient (Wildman–Crippen LogP) is 0.805. The van der Waals surface area contributed by atoms with Gasteiger partial charge < -0.3 is 10.4 Å². The molecule has 19 heavy (non-hydrogen) atoms. The van der Waals surface area contributed by atoms with Crippen molar-refractivity contribution < 1.29 is 14.7 Å². The second-order valence-electron chi connectivity index (χ2n) is 5.74. The van der Waals surface area contributed by atoms with E-state index in [9.17, 15) is 14.7 Å². The lowest BCUT2D eigenvalue weighted by Gasteiger charge is -2.30. The topological polar surface area (TPSA) is 69.6 Å². The summed E-state index contributed by atoms with van der Waals surface area (Å²) >= 11 is 0. The number of carbonyl (C=O) groups excluding carboxylic acids is 2. The number of imide groups is 1. The van der Waals surface area contributed by atoms with Crippen molar-refractivity contribution in [3.05, 3.63) is 0 Å². The number of likely N-dealkylation sites (tertiary alicyclic amines) is 1. The Bertz CT molecular complexity index is 359. The molecule has 4 unspecified atom stereocenters. The van der Waals surface area contributed by atoms with Crippen LogP contribution in [0.25, 0.3) is 0 Å². The summed E-state index contributed by atoms with van der Waals surface area (Å²) in [5.74, 6) is -0.223. The molecule has 108 valence electrons. The van der Waals surface area contributed by atoms with Crippen molar-refractivity contribution in [1.29, 1.82) is 0 Å². The van der Waals surface area contributed by atoms with Crippen LogP contribution >= 0.6 is 0 Å². The molecule has 2 amide bonds. The van der Waals surface area contributed by atoms with Crippen LogP contribution in [0.1, 0.15) is 52.4 Å². The van der Waals surface area contributed by atoms with Crippen molar-refractivity contribution in [3.8, 4) is 0 Å². The molecule has 2 rings (SSSR count). The van der Waals surface area contributed by atoms with Crippen molar-refractivity contribution >= 4 is 11.8 Å². The smallest absolute Gasteiger partial charge is 0.247 e. The molecular weight excluding hydrogens is 244 g/mol. The zero-order valence-corrected chi connectivity index (χ0v) is 11.8. The molecule has 0 aromatic rings. The number of hydrogen-bond donors (Lipinski definition) is 2. The first-order valence-corrected chi connectivity index (χ1v) is 7.34. The maximum atomic E-state index is 12.3. The third kappa shape index (κ3) is 2.98. The Morgan fingerprint density at radius 2 is 2.05 bits per heavy atom. The third-order valence-corrected chi connectivity index (χ3v) is 4.36. The normalized spacial score (nSPS) is 33.8. The first-order valence-electron chi connectivity index (χ1n) is 7.34. The van der Waals surface area contributed by atoms with Crippen LogP contribution in [-0.4, -0.2) is 46.1 Å². The van der Waals surface area contributed by atoms with Crippen molar-refractivity contribution in [1.82, 2.24) is 10.2 Å². The number of aliphatic hydroxyl groups is 1. The number of nitrogens with one attached hydrogen (secondary N) is 1. The Morgan fingerprint density at radius 3 is 2.68 bits per heavy atom. The summed E-state index contributed by atoms with van der Waals surface area (Å²) in [4.78, 5) is 25.6. The standard InChI is InChI=1S/C14H24N2O3/c1-3-9(2)16-13(18)8-11(14(16)19)15-10-6-4-5-7-12(10)17/h9-12,15,17H,3-8H2,1-2H3. The fourth-order valence-corrected chi connectivity index (χ4v) is 2.99. The number of aliphatic hydroxyl groups excluding tert-OH is 1. The highest BCUT2D eigenvalue weighted by Gasteiger charge is 2.42. The van der Waals surface area contributed by atoms with E-state index in [2.05, 4.69) is 5.32 Å². The van der Waals surface area contributed by atoms with Gasteiger partial charge in [-0.1, -0.05) is 19.8 Å². The Morgan fingerprint density at radius 1 is 1.37 bits per heavy atom. The number of nitrogens with zero attached hydrogens (tertiary/aromatic N) is 1. The maximum Gasteiger partial charge on any atom is 0.247 e. The summed E-state index contributed by atoms with van der Waals surface area (Å²) in [5, 5.41) is 13.1. The second-order valence-corrected chi connectivity index (χ2v) is 5.74. The van der Waals surface area contributed by atoms with Gasteiger partial charge in [0.2, 0.25) is 11.8 Å². The molecule has 1 aliphatic carbocycles. The van der Waals surface area contributed by atoms with E-state index in [1.54, 1.807) is 0 Å². The van der Waals surface area contributed by atoms with Gasteiger partial charge in [-0.05, 0) is 26.2 Å². The number of amides is 2. The van der Waals surface area contributed by atoms with Gasteiger partial charge >= 0.3 is 0 Å². The van der Waals surface area contributed by atoms with E-state index in [-0.39, 0.29) is 30.3 Å². The Hall–Kier alpha value is -0.940. The van der Waals surface area contributed by atoms with E-state index in [0.29, 0.717) is 0 Å². The van der Waals surface area contributed by atoms with Gasteiger partial charge in [-0.25, -0.2) is 0 Å². The summed E-state index contributed by atoms with van der Waals surface area (Å²) in [7, 11) is 0. The molecule has 1 saturated carbocycles. The molecule has 0 bridgehead atoms. The number of rotatable bonds is 4. The molecule has 0 aromatic carbocycles. The van der Waals surface area contributed by atoms with E-state index >= 15 is 0 Å². The van der Waals surface area contributed by atoms with Crippen molar-refractivity contribution in [2.24, 2.45) is 0 Å². The third-order valence-electron chi connectivity index (χ3n) is 4.36. The molecule has 1 aliphatic heterocycles. The Labute approximate surface area is 114 Å². The van der Waals surface area contributed by atoms with Crippen LogP contribution in [0.3, 0.4) is 0 Å². The average molecular weight is 268 g/mol. The quantitative estimate of drug-likeness (QED) is 0.740. The molecule has 0 radical (unpaired) electrons. The van der Waals surface area contributed by atoms with Crippen LogP contribution < -0.4 is 5.32 Å². The zero-order chi connectivity index (χ0) is 14.0. The average Bonchev–Trinajstić information content (AvgIpc) is 2.66.